The third-order valence-electron chi connectivity index (χ3n) is 4.21. The molecule has 3 aromatic rings. The summed E-state index contributed by atoms with van der Waals surface area (Å²) >= 11 is 7.31. The molecule has 1 atom stereocenters. The van der Waals surface area contributed by atoms with Gasteiger partial charge in [0.25, 0.3) is 0 Å². The van der Waals surface area contributed by atoms with Gasteiger partial charge in [-0.05, 0) is 43.5 Å². The van der Waals surface area contributed by atoms with Gasteiger partial charge in [0.2, 0.25) is 11.1 Å². The van der Waals surface area contributed by atoms with Crippen LogP contribution in [0.5, 0.6) is 0 Å². The van der Waals surface area contributed by atoms with Crippen molar-refractivity contribution in [1.82, 2.24) is 15.2 Å². The number of nitrogens with zero attached hydrogens (tertiary/aromatic N) is 2. The van der Waals surface area contributed by atoms with Crippen LogP contribution in [0.25, 0.3) is 11.4 Å². The highest BCUT2D eigenvalue weighted by atomic mass is 35.5. The number of aryl methyl sites for hydroxylation is 2. The number of thioether (sulfide) groups is 1. The highest BCUT2D eigenvalue weighted by molar-refractivity contribution is 8.00. The SMILES string of the molecule is CCc1ccc(-c2nc(S[C@@H](C)C(=O)Nc3cc(Cl)ccc3C)n[nH]2)cc1. The van der Waals surface area contributed by atoms with Gasteiger partial charge in [-0.1, -0.05) is 60.6 Å². The van der Waals surface area contributed by atoms with Crippen LogP contribution in [-0.2, 0) is 11.2 Å². The number of rotatable bonds is 6. The van der Waals surface area contributed by atoms with Crippen LogP contribution < -0.4 is 5.32 Å². The number of carbonyl (C=O) groups excluding carboxylic acids is 1. The Bertz CT molecular complexity index is 939. The summed E-state index contributed by atoms with van der Waals surface area (Å²) in [5.74, 6) is 0.572. The highest BCUT2D eigenvalue weighted by Gasteiger charge is 2.18. The molecule has 0 bridgehead atoms. The van der Waals surface area contributed by atoms with Crippen LogP contribution in [0.15, 0.2) is 47.6 Å². The Kier molecular flexibility index (Phi) is 6.19. The summed E-state index contributed by atoms with van der Waals surface area (Å²) in [5, 5.41) is 10.8. The molecule has 1 amide bonds. The van der Waals surface area contributed by atoms with E-state index in [2.05, 4.69) is 39.6 Å². The van der Waals surface area contributed by atoms with Crippen LogP contribution in [0.4, 0.5) is 5.69 Å². The van der Waals surface area contributed by atoms with E-state index in [1.54, 1.807) is 12.1 Å². The standard InChI is InChI=1S/C20H21ClN4OS/c1-4-14-6-8-15(9-7-14)18-23-20(25-24-18)27-13(3)19(26)22-17-11-16(21)10-5-12(17)2/h5-11,13H,4H2,1-3H3,(H,22,26)(H,23,24,25)/t13-/m0/s1. The highest BCUT2D eigenvalue weighted by Crippen LogP contribution is 2.25. The Balaban J connectivity index is 1.65. The molecule has 7 heteroatoms. The van der Waals surface area contributed by atoms with Gasteiger partial charge in [0.1, 0.15) is 0 Å². The van der Waals surface area contributed by atoms with Crippen LogP contribution in [0.2, 0.25) is 5.02 Å². The molecule has 0 aliphatic rings. The minimum absolute atomic E-state index is 0.121. The quantitative estimate of drug-likeness (QED) is 0.563. The van der Waals surface area contributed by atoms with Gasteiger partial charge < -0.3 is 5.32 Å². The maximum Gasteiger partial charge on any atom is 0.237 e. The van der Waals surface area contributed by atoms with Crippen LogP contribution in [0.1, 0.15) is 25.0 Å². The summed E-state index contributed by atoms with van der Waals surface area (Å²) in [5.41, 5.74) is 3.92. The lowest BCUT2D eigenvalue weighted by Gasteiger charge is -2.12. The van der Waals surface area contributed by atoms with Crippen molar-refractivity contribution in [2.75, 3.05) is 5.32 Å². The second kappa shape index (κ2) is 8.59. The van der Waals surface area contributed by atoms with E-state index in [4.69, 9.17) is 11.6 Å². The van der Waals surface area contributed by atoms with Gasteiger partial charge in [-0.2, -0.15) is 0 Å². The lowest BCUT2D eigenvalue weighted by molar-refractivity contribution is -0.115. The molecular weight excluding hydrogens is 380 g/mol. The third kappa shape index (κ3) is 4.90. The lowest BCUT2D eigenvalue weighted by Crippen LogP contribution is -2.23. The van der Waals surface area contributed by atoms with Crippen LogP contribution in [0, 0.1) is 6.92 Å². The predicted octanol–water partition coefficient (Wildman–Crippen LogP) is 5.12. The van der Waals surface area contributed by atoms with Crippen molar-refractivity contribution < 1.29 is 4.79 Å². The van der Waals surface area contributed by atoms with Crippen LogP contribution >= 0.6 is 23.4 Å². The van der Waals surface area contributed by atoms with E-state index in [0.717, 1.165) is 17.5 Å². The normalized spacial score (nSPS) is 12.0. The van der Waals surface area contributed by atoms with Crippen molar-refractivity contribution in [2.45, 2.75) is 37.6 Å². The number of halogens is 1. The molecule has 27 heavy (non-hydrogen) atoms. The van der Waals surface area contributed by atoms with Crippen molar-refractivity contribution in [1.29, 1.82) is 0 Å². The second-order valence-corrected chi connectivity index (χ2v) is 7.97. The average molecular weight is 401 g/mol. The molecule has 2 N–H and O–H groups in total. The minimum Gasteiger partial charge on any atom is -0.325 e. The molecule has 0 fully saturated rings. The fraction of sp³-hybridized carbons (Fsp3) is 0.250. The monoisotopic (exact) mass is 400 g/mol. The number of hydrogen-bond acceptors (Lipinski definition) is 4. The van der Waals surface area contributed by atoms with Crippen molar-refractivity contribution in [3.8, 4) is 11.4 Å². The molecule has 3 rings (SSSR count). The number of H-pyrrole nitrogens is 1. The van der Waals surface area contributed by atoms with Crippen LogP contribution in [-0.4, -0.2) is 26.3 Å². The molecule has 2 aromatic carbocycles. The molecule has 1 aromatic heterocycles. The molecule has 0 radical (unpaired) electrons. The van der Waals surface area contributed by atoms with Crippen molar-refractivity contribution in [3.05, 3.63) is 58.6 Å². The molecule has 0 aliphatic carbocycles. The first-order valence-electron chi connectivity index (χ1n) is 8.71. The summed E-state index contributed by atoms with van der Waals surface area (Å²) in [7, 11) is 0. The van der Waals surface area contributed by atoms with Gasteiger partial charge in [-0.25, -0.2) is 4.98 Å². The first-order chi connectivity index (χ1) is 13.0. The number of aromatic amines is 1. The van der Waals surface area contributed by atoms with Gasteiger partial charge in [-0.3, -0.25) is 9.89 Å². The molecule has 0 saturated heterocycles. The number of amides is 1. The van der Waals surface area contributed by atoms with Crippen molar-refractivity contribution in [2.24, 2.45) is 0 Å². The Morgan fingerprint density at radius 2 is 2.00 bits per heavy atom. The van der Waals surface area contributed by atoms with E-state index in [0.29, 0.717) is 21.7 Å². The Labute approximate surface area is 167 Å². The number of carbonyl (C=O) groups is 1. The van der Waals surface area contributed by atoms with E-state index in [1.807, 2.05) is 32.0 Å². The van der Waals surface area contributed by atoms with E-state index >= 15 is 0 Å². The van der Waals surface area contributed by atoms with Gasteiger partial charge >= 0.3 is 0 Å². The first kappa shape index (κ1) is 19.5. The van der Waals surface area contributed by atoms with Crippen LogP contribution in [0.3, 0.4) is 0 Å². The molecular formula is C20H21ClN4OS. The van der Waals surface area contributed by atoms with E-state index in [-0.39, 0.29) is 11.2 Å². The zero-order valence-corrected chi connectivity index (χ0v) is 17.0. The zero-order chi connectivity index (χ0) is 19.4. The summed E-state index contributed by atoms with van der Waals surface area (Å²) in [4.78, 5) is 17.0. The zero-order valence-electron chi connectivity index (χ0n) is 15.4. The number of aromatic nitrogens is 3. The summed E-state index contributed by atoms with van der Waals surface area (Å²) in [6, 6.07) is 13.6. The topological polar surface area (TPSA) is 70.7 Å². The van der Waals surface area contributed by atoms with E-state index in [9.17, 15) is 4.79 Å². The average Bonchev–Trinajstić information content (AvgIpc) is 3.13. The molecule has 0 spiro atoms. The number of anilines is 1. The predicted molar refractivity (Wildman–Crippen MR) is 111 cm³/mol. The summed E-state index contributed by atoms with van der Waals surface area (Å²) in [6.45, 7) is 5.87. The van der Waals surface area contributed by atoms with E-state index < -0.39 is 0 Å². The lowest BCUT2D eigenvalue weighted by atomic mass is 10.1. The summed E-state index contributed by atoms with van der Waals surface area (Å²) < 4.78 is 0. The number of hydrogen-bond donors (Lipinski definition) is 2. The molecule has 0 saturated carbocycles. The second-order valence-electron chi connectivity index (χ2n) is 6.23. The summed E-state index contributed by atoms with van der Waals surface area (Å²) in [6.07, 6.45) is 0.997. The number of benzene rings is 2. The van der Waals surface area contributed by atoms with Gasteiger partial charge in [-0.15, -0.1) is 5.10 Å². The van der Waals surface area contributed by atoms with Crippen molar-refractivity contribution in [3.63, 3.8) is 0 Å². The minimum atomic E-state index is -0.352. The van der Waals surface area contributed by atoms with Gasteiger partial charge in [0.15, 0.2) is 5.82 Å². The fourth-order valence-corrected chi connectivity index (χ4v) is 3.40. The van der Waals surface area contributed by atoms with Gasteiger partial charge in [0, 0.05) is 16.3 Å². The van der Waals surface area contributed by atoms with Crippen molar-refractivity contribution >= 4 is 35.0 Å². The maximum atomic E-state index is 12.5. The largest absolute Gasteiger partial charge is 0.325 e. The maximum absolute atomic E-state index is 12.5. The first-order valence-corrected chi connectivity index (χ1v) is 9.97. The molecule has 0 unspecified atom stereocenters. The third-order valence-corrected chi connectivity index (χ3v) is 5.41. The fourth-order valence-electron chi connectivity index (χ4n) is 2.50. The number of nitrogens with one attached hydrogen (secondary N) is 2. The molecule has 0 aliphatic heterocycles. The van der Waals surface area contributed by atoms with Gasteiger partial charge in [0.05, 0.1) is 5.25 Å². The smallest absolute Gasteiger partial charge is 0.237 e. The Morgan fingerprint density at radius 3 is 2.70 bits per heavy atom. The molecule has 1 heterocycles. The Morgan fingerprint density at radius 1 is 1.26 bits per heavy atom. The molecule has 5 nitrogen and oxygen atoms in total. The van der Waals surface area contributed by atoms with E-state index in [1.165, 1.54) is 17.3 Å². The Hall–Kier alpha value is -2.31. The molecule has 140 valence electrons.